The third-order valence-corrected chi connectivity index (χ3v) is 7.81. The Labute approximate surface area is 228 Å². The van der Waals surface area contributed by atoms with Gasteiger partial charge in [0.05, 0.1) is 27.8 Å². The molecule has 38 heavy (non-hydrogen) atoms. The molecule has 0 bridgehead atoms. The van der Waals surface area contributed by atoms with Crippen molar-refractivity contribution in [2.75, 3.05) is 21.3 Å². The Morgan fingerprint density at radius 2 is 1.63 bits per heavy atom. The van der Waals surface area contributed by atoms with E-state index in [0.29, 0.717) is 22.8 Å². The second-order valence-electron chi connectivity index (χ2n) is 9.47. The number of ether oxygens (including phenoxy) is 3. The molecule has 1 aliphatic rings. The average Bonchev–Trinajstić information content (AvgIpc) is 3.46. The topological polar surface area (TPSA) is 77.1 Å². The first kappa shape index (κ1) is 27.5. The summed E-state index contributed by atoms with van der Waals surface area (Å²) >= 11 is 1.53. The molecular formula is C30H36N2O5S. The summed E-state index contributed by atoms with van der Waals surface area (Å²) in [4.78, 5) is 30.6. The summed E-state index contributed by atoms with van der Waals surface area (Å²) in [5, 5.41) is 5.21. The molecular weight excluding hydrogens is 500 g/mol. The zero-order valence-corrected chi connectivity index (χ0v) is 23.1. The fourth-order valence-corrected chi connectivity index (χ4v) is 5.72. The molecule has 2 amide bonds. The van der Waals surface area contributed by atoms with Gasteiger partial charge >= 0.3 is 0 Å². The number of hydrogen-bond donors (Lipinski definition) is 1. The van der Waals surface area contributed by atoms with Crippen LogP contribution in [0.5, 0.6) is 17.2 Å². The summed E-state index contributed by atoms with van der Waals surface area (Å²) in [6, 6.07) is 16.4. The van der Waals surface area contributed by atoms with Crippen molar-refractivity contribution >= 4 is 23.2 Å². The maximum absolute atomic E-state index is 14.1. The lowest BCUT2D eigenvalue weighted by Gasteiger charge is -2.34. The van der Waals surface area contributed by atoms with Crippen molar-refractivity contribution in [2.24, 2.45) is 0 Å². The largest absolute Gasteiger partial charge is 0.493 e. The van der Waals surface area contributed by atoms with Gasteiger partial charge in [-0.15, -0.1) is 11.3 Å². The molecule has 1 aromatic heterocycles. The summed E-state index contributed by atoms with van der Waals surface area (Å²) in [6.07, 6.45) is 5.45. The normalized spacial score (nSPS) is 14.4. The van der Waals surface area contributed by atoms with Gasteiger partial charge in [-0.1, -0.05) is 55.7 Å². The number of amides is 2. The van der Waals surface area contributed by atoms with Crippen LogP contribution in [0.15, 0.2) is 60.0 Å². The Bertz CT molecular complexity index is 1170. The van der Waals surface area contributed by atoms with E-state index in [1.807, 2.05) is 47.8 Å². The van der Waals surface area contributed by atoms with Crippen molar-refractivity contribution in [3.05, 3.63) is 76.0 Å². The van der Waals surface area contributed by atoms with Crippen LogP contribution in [-0.4, -0.2) is 44.1 Å². The lowest BCUT2D eigenvalue weighted by molar-refractivity contribution is -0.141. The number of carbonyl (C=O) groups excluding carboxylic acids is 2. The maximum Gasteiger partial charge on any atom is 0.247 e. The predicted octanol–water partition coefficient (Wildman–Crippen LogP) is 5.54. The van der Waals surface area contributed by atoms with Crippen molar-refractivity contribution in [3.8, 4) is 17.2 Å². The fraction of sp³-hybridized carbons (Fsp3) is 0.400. The SMILES string of the molecule is COc1cc([C@H](C(=O)NC2CCCCC2)N(Cc2ccccc2)C(=O)Cc2cccs2)cc(OC)c1OC. The Morgan fingerprint density at radius 1 is 0.947 bits per heavy atom. The minimum atomic E-state index is -0.890. The van der Waals surface area contributed by atoms with E-state index in [9.17, 15) is 9.59 Å². The summed E-state index contributed by atoms with van der Waals surface area (Å²) in [6.45, 7) is 0.282. The Balaban J connectivity index is 1.79. The molecule has 1 aliphatic carbocycles. The summed E-state index contributed by atoms with van der Waals surface area (Å²) in [7, 11) is 4.63. The van der Waals surface area contributed by atoms with Crippen LogP contribution in [0.2, 0.25) is 0 Å². The van der Waals surface area contributed by atoms with Crippen molar-refractivity contribution < 1.29 is 23.8 Å². The van der Waals surface area contributed by atoms with Gasteiger partial charge in [0.1, 0.15) is 6.04 Å². The first-order valence-electron chi connectivity index (χ1n) is 13.0. The molecule has 1 fully saturated rings. The minimum Gasteiger partial charge on any atom is -0.493 e. The molecule has 0 unspecified atom stereocenters. The van der Waals surface area contributed by atoms with E-state index in [0.717, 1.165) is 36.1 Å². The molecule has 8 heteroatoms. The molecule has 1 atom stereocenters. The van der Waals surface area contributed by atoms with Crippen molar-refractivity contribution in [1.82, 2.24) is 10.2 Å². The average molecular weight is 537 g/mol. The lowest BCUT2D eigenvalue weighted by Crippen LogP contribution is -2.47. The molecule has 0 radical (unpaired) electrons. The maximum atomic E-state index is 14.1. The fourth-order valence-electron chi connectivity index (χ4n) is 5.03. The molecule has 3 aromatic rings. The van der Waals surface area contributed by atoms with Crippen LogP contribution in [0, 0.1) is 0 Å². The number of carbonyl (C=O) groups is 2. The first-order valence-corrected chi connectivity index (χ1v) is 13.9. The number of nitrogens with one attached hydrogen (secondary N) is 1. The second kappa shape index (κ2) is 13.3. The van der Waals surface area contributed by atoms with Crippen molar-refractivity contribution in [3.63, 3.8) is 0 Å². The number of methoxy groups -OCH3 is 3. The van der Waals surface area contributed by atoms with Gasteiger partial charge in [0.2, 0.25) is 17.6 Å². The zero-order chi connectivity index (χ0) is 26.9. The van der Waals surface area contributed by atoms with Crippen LogP contribution in [-0.2, 0) is 22.6 Å². The number of hydrogen-bond acceptors (Lipinski definition) is 6. The number of thiophene rings is 1. The molecule has 1 N–H and O–H groups in total. The predicted molar refractivity (Wildman–Crippen MR) is 149 cm³/mol. The van der Waals surface area contributed by atoms with Gasteiger partial charge < -0.3 is 24.4 Å². The second-order valence-corrected chi connectivity index (χ2v) is 10.5. The third-order valence-electron chi connectivity index (χ3n) is 6.94. The van der Waals surface area contributed by atoms with E-state index in [-0.39, 0.29) is 30.8 Å². The number of nitrogens with zero attached hydrogens (tertiary/aromatic N) is 1. The van der Waals surface area contributed by atoms with E-state index >= 15 is 0 Å². The molecule has 0 spiro atoms. The molecule has 1 saturated carbocycles. The monoisotopic (exact) mass is 536 g/mol. The molecule has 4 rings (SSSR count). The third kappa shape index (κ3) is 6.67. The highest BCUT2D eigenvalue weighted by Crippen LogP contribution is 2.41. The van der Waals surface area contributed by atoms with Gasteiger partial charge in [-0.3, -0.25) is 9.59 Å². The Morgan fingerprint density at radius 3 is 2.21 bits per heavy atom. The Kier molecular flexibility index (Phi) is 9.65. The minimum absolute atomic E-state index is 0.0896. The molecule has 202 valence electrons. The molecule has 7 nitrogen and oxygen atoms in total. The van der Waals surface area contributed by atoms with Crippen LogP contribution in [0.4, 0.5) is 0 Å². The van der Waals surface area contributed by atoms with E-state index in [2.05, 4.69) is 5.32 Å². The van der Waals surface area contributed by atoms with Crippen LogP contribution >= 0.6 is 11.3 Å². The quantitative estimate of drug-likeness (QED) is 0.348. The van der Waals surface area contributed by atoms with Gasteiger partial charge in [0.25, 0.3) is 0 Å². The van der Waals surface area contributed by atoms with E-state index < -0.39 is 6.04 Å². The molecule has 2 aromatic carbocycles. The highest BCUT2D eigenvalue weighted by Gasteiger charge is 2.34. The standard InChI is InChI=1S/C30H36N2O5S/c1-35-25-17-22(18-26(36-2)29(25)37-3)28(30(34)31-23-13-8-5-9-14-23)32(20-21-11-6-4-7-12-21)27(33)19-24-15-10-16-38-24/h4,6-7,10-12,15-18,23,28H,5,8-9,13-14,19-20H2,1-3H3,(H,31,34)/t28-/m1/s1. The summed E-state index contributed by atoms with van der Waals surface area (Å²) in [5.74, 6) is 0.963. The van der Waals surface area contributed by atoms with E-state index in [4.69, 9.17) is 14.2 Å². The van der Waals surface area contributed by atoms with E-state index in [1.54, 1.807) is 38.4 Å². The first-order chi connectivity index (χ1) is 18.5. The van der Waals surface area contributed by atoms with E-state index in [1.165, 1.54) is 17.8 Å². The van der Waals surface area contributed by atoms with Gasteiger partial charge in [0.15, 0.2) is 11.5 Å². The smallest absolute Gasteiger partial charge is 0.247 e. The highest BCUT2D eigenvalue weighted by atomic mass is 32.1. The van der Waals surface area contributed by atoms with Crippen molar-refractivity contribution in [1.29, 1.82) is 0 Å². The van der Waals surface area contributed by atoms with Gasteiger partial charge in [-0.25, -0.2) is 0 Å². The van der Waals surface area contributed by atoms with Crippen LogP contribution in [0.1, 0.15) is 54.1 Å². The summed E-state index contributed by atoms with van der Waals surface area (Å²) < 4.78 is 16.7. The highest BCUT2D eigenvalue weighted by molar-refractivity contribution is 7.10. The Hall–Kier alpha value is -3.52. The van der Waals surface area contributed by atoms with Crippen LogP contribution in [0.25, 0.3) is 0 Å². The van der Waals surface area contributed by atoms with Crippen LogP contribution < -0.4 is 19.5 Å². The molecule has 0 saturated heterocycles. The number of benzene rings is 2. The van der Waals surface area contributed by atoms with Crippen molar-refractivity contribution in [2.45, 2.75) is 57.2 Å². The lowest BCUT2D eigenvalue weighted by atomic mass is 9.94. The van der Waals surface area contributed by atoms with Crippen LogP contribution in [0.3, 0.4) is 0 Å². The number of rotatable bonds is 11. The summed E-state index contributed by atoms with van der Waals surface area (Å²) in [5.41, 5.74) is 1.54. The zero-order valence-electron chi connectivity index (χ0n) is 22.3. The van der Waals surface area contributed by atoms with Gasteiger partial charge in [-0.05, 0) is 47.5 Å². The van der Waals surface area contributed by atoms with Gasteiger partial charge in [0, 0.05) is 17.5 Å². The van der Waals surface area contributed by atoms with Gasteiger partial charge in [-0.2, -0.15) is 0 Å². The molecule has 1 heterocycles. The molecule has 0 aliphatic heterocycles.